The van der Waals surface area contributed by atoms with Crippen LogP contribution < -0.4 is 5.32 Å². The molecular weight excluding hydrogens is 212 g/mol. The second-order valence-corrected chi connectivity index (χ2v) is 4.14. The average molecular weight is 230 g/mol. The van der Waals surface area contributed by atoms with Gasteiger partial charge in [0.15, 0.2) is 0 Å². The molecule has 0 atom stereocenters. The van der Waals surface area contributed by atoms with Gasteiger partial charge in [-0.3, -0.25) is 9.67 Å². The molecule has 90 valence electrons. The van der Waals surface area contributed by atoms with Crippen LogP contribution in [0.2, 0.25) is 0 Å². The van der Waals surface area contributed by atoms with Crippen molar-refractivity contribution in [2.24, 2.45) is 7.05 Å². The molecule has 0 saturated heterocycles. The lowest BCUT2D eigenvalue weighted by Gasteiger charge is -2.02. The predicted molar refractivity (Wildman–Crippen MR) is 68.8 cm³/mol. The van der Waals surface area contributed by atoms with E-state index in [-0.39, 0.29) is 0 Å². The van der Waals surface area contributed by atoms with E-state index in [1.165, 1.54) is 5.56 Å². The Morgan fingerprint density at radius 2 is 2.24 bits per heavy atom. The first-order valence-corrected chi connectivity index (χ1v) is 5.81. The number of rotatable bonds is 4. The minimum atomic E-state index is 0.949. The fourth-order valence-corrected chi connectivity index (χ4v) is 2.07. The van der Waals surface area contributed by atoms with Crippen molar-refractivity contribution in [1.82, 2.24) is 20.1 Å². The van der Waals surface area contributed by atoms with E-state index < -0.39 is 0 Å². The van der Waals surface area contributed by atoms with Crippen LogP contribution in [0, 0.1) is 6.92 Å². The minimum absolute atomic E-state index is 0.949. The lowest BCUT2D eigenvalue weighted by molar-refractivity contribution is 0.719. The van der Waals surface area contributed by atoms with E-state index in [2.05, 4.69) is 28.4 Å². The second-order valence-electron chi connectivity index (χ2n) is 4.14. The molecule has 0 amide bonds. The smallest absolute Gasteiger partial charge is 0.0726 e. The van der Waals surface area contributed by atoms with Crippen LogP contribution in [0.15, 0.2) is 24.5 Å². The van der Waals surface area contributed by atoms with Gasteiger partial charge in [-0.05, 0) is 31.7 Å². The standard InChI is InChI=1S/C13H18N4/c1-10-12(6-8-14-2)16-17(3)13(10)11-5-4-7-15-9-11/h4-5,7,9,14H,6,8H2,1-3H3. The summed E-state index contributed by atoms with van der Waals surface area (Å²) in [6.45, 7) is 3.07. The van der Waals surface area contributed by atoms with Gasteiger partial charge in [0.25, 0.3) is 0 Å². The molecule has 0 fully saturated rings. The summed E-state index contributed by atoms with van der Waals surface area (Å²) < 4.78 is 1.94. The maximum absolute atomic E-state index is 4.57. The molecule has 2 aromatic rings. The molecule has 0 spiro atoms. The number of nitrogens with zero attached hydrogens (tertiary/aromatic N) is 3. The van der Waals surface area contributed by atoms with Crippen molar-refractivity contribution in [1.29, 1.82) is 0 Å². The first-order chi connectivity index (χ1) is 8.24. The molecule has 1 N–H and O–H groups in total. The lowest BCUT2D eigenvalue weighted by Crippen LogP contribution is -2.11. The predicted octanol–water partition coefficient (Wildman–Crippen LogP) is 1.55. The van der Waals surface area contributed by atoms with Crippen molar-refractivity contribution in [2.75, 3.05) is 13.6 Å². The van der Waals surface area contributed by atoms with Gasteiger partial charge >= 0.3 is 0 Å². The fourth-order valence-electron chi connectivity index (χ4n) is 2.07. The summed E-state index contributed by atoms with van der Waals surface area (Å²) in [7, 11) is 3.94. The van der Waals surface area contributed by atoms with Crippen LogP contribution in [0.25, 0.3) is 11.3 Å². The molecule has 2 aromatic heterocycles. The summed E-state index contributed by atoms with van der Waals surface area (Å²) in [5.41, 5.74) is 4.68. The van der Waals surface area contributed by atoms with Crippen LogP contribution in [0.1, 0.15) is 11.3 Å². The highest BCUT2D eigenvalue weighted by Gasteiger charge is 2.13. The van der Waals surface area contributed by atoms with Crippen molar-refractivity contribution < 1.29 is 0 Å². The van der Waals surface area contributed by atoms with Crippen molar-refractivity contribution in [3.63, 3.8) is 0 Å². The highest BCUT2D eigenvalue weighted by Crippen LogP contribution is 2.24. The van der Waals surface area contributed by atoms with Crippen LogP contribution in [-0.2, 0) is 13.5 Å². The van der Waals surface area contributed by atoms with E-state index in [1.807, 2.05) is 31.0 Å². The van der Waals surface area contributed by atoms with E-state index in [1.54, 1.807) is 6.20 Å². The topological polar surface area (TPSA) is 42.7 Å². The van der Waals surface area contributed by atoms with Crippen LogP contribution in [0.5, 0.6) is 0 Å². The number of hydrogen-bond donors (Lipinski definition) is 1. The van der Waals surface area contributed by atoms with Crippen LogP contribution in [-0.4, -0.2) is 28.4 Å². The Kier molecular flexibility index (Phi) is 3.54. The molecule has 0 aromatic carbocycles. The van der Waals surface area contributed by atoms with Crippen molar-refractivity contribution in [2.45, 2.75) is 13.3 Å². The molecule has 0 aliphatic carbocycles. The largest absolute Gasteiger partial charge is 0.319 e. The Balaban J connectivity index is 2.38. The fraction of sp³-hybridized carbons (Fsp3) is 0.385. The van der Waals surface area contributed by atoms with Crippen molar-refractivity contribution >= 4 is 0 Å². The highest BCUT2D eigenvalue weighted by molar-refractivity contribution is 5.63. The van der Waals surface area contributed by atoms with E-state index in [4.69, 9.17) is 0 Å². The maximum Gasteiger partial charge on any atom is 0.0726 e. The first kappa shape index (κ1) is 11.8. The molecule has 4 heteroatoms. The molecular formula is C13H18N4. The van der Waals surface area contributed by atoms with E-state index >= 15 is 0 Å². The van der Waals surface area contributed by atoms with E-state index in [9.17, 15) is 0 Å². The summed E-state index contributed by atoms with van der Waals surface area (Å²) in [4.78, 5) is 4.16. The van der Waals surface area contributed by atoms with Gasteiger partial charge in [-0.1, -0.05) is 0 Å². The number of likely N-dealkylation sites (N-methyl/N-ethyl adjacent to an activating group) is 1. The van der Waals surface area contributed by atoms with Gasteiger partial charge in [-0.15, -0.1) is 0 Å². The third kappa shape index (κ3) is 2.36. The molecule has 2 heterocycles. The molecule has 4 nitrogen and oxygen atoms in total. The van der Waals surface area contributed by atoms with Gasteiger partial charge in [0, 0.05) is 38.0 Å². The van der Waals surface area contributed by atoms with Gasteiger partial charge in [-0.2, -0.15) is 5.10 Å². The minimum Gasteiger partial charge on any atom is -0.319 e. The van der Waals surface area contributed by atoms with Gasteiger partial charge in [0.1, 0.15) is 0 Å². The SMILES string of the molecule is CNCCc1nn(C)c(-c2cccnc2)c1C. The summed E-state index contributed by atoms with van der Waals surface area (Å²) in [6, 6.07) is 4.02. The van der Waals surface area contributed by atoms with Crippen molar-refractivity contribution in [3.05, 3.63) is 35.8 Å². The van der Waals surface area contributed by atoms with Gasteiger partial charge < -0.3 is 5.32 Å². The van der Waals surface area contributed by atoms with Crippen LogP contribution in [0.3, 0.4) is 0 Å². The Hall–Kier alpha value is -1.68. The van der Waals surface area contributed by atoms with Gasteiger partial charge in [-0.25, -0.2) is 0 Å². The summed E-state index contributed by atoms with van der Waals surface area (Å²) in [6.07, 6.45) is 4.62. The van der Waals surface area contributed by atoms with E-state index in [0.717, 1.165) is 29.9 Å². The van der Waals surface area contributed by atoms with Gasteiger partial charge in [0.2, 0.25) is 0 Å². The summed E-state index contributed by atoms with van der Waals surface area (Å²) in [5, 5.41) is 7.72. The quantitative estimate of drug-likeness (QED) is 0.866. The molecule has 2 rings (SSSR count). The second kappa shape index (κ2) is 5.10. The summed E-state index contributed by atoms with van der Waals surface area (Å²) in [5.74, 6) is 0. The Morgan fingerprint density at radius 3 is 2.88 bits per heavy atom. The Morgan fingerprint density at radius 1 is 1.41 bits per heavy atom. The zero-order valence-corrected chi connectivity index (χ0v) is 10.6. The Labute approximate surface area is 102 Å². The molecule has 0 aliphatic rings. The number of aromatic nitrogens is 3. The van der Waals surface area contributed by atoms with Gasteiger partial charge in [0.05, 0.1) is 11.4 Å². The number of pyridine rings is 1. The van der Waals surface area contributed by atoms with Crippen LogP contribution in [0.4, 0.5) is 0 Å². The number of hydrogen-bond acceptors (Lipinski definition) is 3. The molecule has 0 aliphatic heterocycles. The third-order valence-electron chi connectivity index (χ3n) is 2.93. The van der Waals surface area contributed by atoms with E-state index in [0.29, 0.717) is 0 Å². The molecule has 0 bridgehead atoms. The zero-order chi connectivity index (χ0) is 12.3. The molecule has 0 saturated carbocycles. The van der Waals surface area contributed by atoms with Crippen LogP contribution >= 0.6 is 0 Å². The third-order valence-corrected chi connectivity index (χ3v) is 2.93. The molecule has 17 heavy (non-hydrogen) atoms. The number of aryl methyl sites for hydroxylation is 1. The Bertz CT molecular complexity index is 488. The maximum atomic E-state index is 4.57. The zero-order valence-electron chi connectivity index (χ0n) is 10.6. The van der Waals surface area contributed by atoms with Crippen molar-refractivity contribution in [3.8, 4) is 11.3 Å². The highest BCUT2D eigenvalue weighted by atomic mass is 15.3. The average Bonchev–Trinajstić information content (AvgIpc) is 2.63. The monoisotopic (exact) mass is 230 g/mol. The normalized spacial score (nSPS) is 10.8. The number of nitrogens with one attached hydrogen (secondary N) is 1. The molecule has 0 radical (unpaired) electrons. The molecule has 0 unspecified atom stereocenters. The lowest BCUT2D eigenvalue weighted by atomic mass is 10.1. The first-order valence-electron chi connectivity index (χ1n) is 5.81. The summed E-state index contributed by atoms with van der Waals surface area (Å²) >= 11 is 0.